The SMILES string of the molecule is CC(C)S(=O)(=O)c1ccc(CC(=O)N(Cc2ccccn2)c2nc3ccc(F)cc3s2)cc1. The Morgan fingerprint density at radius 2 is 1.85 bits per heavy atom. The number of rotatable bonds is 7. The number of anilines is 1. The van der Waals surface area contributed by atoms with Crippen molar-refractivity contribution in [1.29, 1.82) is 0 Å². The van der Waals surface area contributed by atoms with Crippen molar-refractivity contribution in [2.45, 2.75) is 37.0 Å². The Balaban J connectivity index is 1.63. The van der Waals surface area contributed by atoms with E-state index in [9.17, 15) is 17.6 Å². The standard InChI is InChI=1S/C24H22FN3O3S2/c1-16(2)33(30,31)20-9-6-17(7-10-20)13-23(29)28(15-19-5-3-4-12-26-19)24-27-21-11-8-18(25)14-22(21)32-24/h3-12,14,16H,13,15H2,1-2H3. The van der Waals surface area contributed by atoms with Crippen LogP contribution in [0, 0.1) is 5.82 Å². The van der Waals surface area contributed by atoms with Crippen molar-refractivity contribution >= 4 is 42.4 Å². The fraction of sp³-hybridized carbons (Fsp3) is 0.208. The summed E-state index contributed by atoms with van der Waals surface area (Å²) in [6, 6.07) is 16.1. The predicted octanol–water partition coefficient (Wildman–Crippen LogP) is 4.79. The largest absolute Gasteiger partial charge is 0.282 e. The number of sulfone groups is 1. The number of halogens is 1. The van der Waals surface area contributed by atoms with Gasteiger partial charge in [0.15, 0.2) is 15.0 Å². The van der Waals surface area contributed by atoms with E-state index in [1.54, 1.807) is 44.3 Å². The van der Waals surface area contributed by atoms with Gasteiger partial charge in [0, 0.05) is 6.20 Å². The van der Waals surface area contributed by atoms with Gasteiger partial charge in [-0.15, -0.1) is 0 Å². The number of hydrogen-bond donors (Lipinski definition) is 0. The number of carbonyl (C=O) groups excluding carboxylic acids is 1. The van der Waals surface area contributed by atoms with Crippen LogP contribution in [0.2, 0.25) is 0 Å². The molecule has 2 aromatic heterocycles. The third-order valence-electron chi connectivity index (χ3n) is 5.15. The average Bonchev–Trinajstić information content (AvgIpc) is 3.21. The molecule has 0 aliphatic heterocycles. The normalized spacial score (nSPS) is 11.8. The summed E-state index contributed by atoms with van der Waals surface area (Å²) in [5.41, 5.74) is 1.98. The summed E-state index contributed by atoms with van der Waals surface area (Å²) in [5, 5.41) is -0.0759. The quantitative estimate of drug-likeness (QED) is 0.378. The van der Waals surface area contributed by atoms with E-state index < -0.39 is 15.1 Å². The molecule has 33 heavy (non-hydrogen) atoms. The number of amides is 1. The molecule has 9 heteroatoms. The van der Waals surface area contributed by atoms with E-state index in [1.807, 2.05) is 12.1 Å². The monoisotopic (exact) mass is 483 g/mol. The second-order valence-corrected chi connectivity index (χ2v) is 11.3. The van der Waals surface area contributed by atoms with Crippen LogP contribution in [0.25, 0.3) is 10.2 Å². The highest BCUT2D eigenvalue weighted by Gasteiger charge is 2.22. The molecule has 0 spiro atoms. The third-order valence-corrected chi connectivity index (χ3v) is 8.36. The molecule has 0 saturated carbocycles. The van der Waals surface area contributed by atoms with Crippen molar-refractivity contribution in [3.05, 3.63) is 83.9 Å². The van der Waals surface area contributed by atoms with E-state index in [2.05, 4.69) is 9.97 Å². The molecule has 2 aromatic carbocycles. The molecule has 0 fully saturated rings. The highest BCUT2D eigenvalue weighted by Crippen LogP contribution is 2.31. The minimum absolute atomic E-state index is 0.0547. The van der Waals surface area contributed by atoms with Crippen LogP contribution in [-0.2, 0) is 27.6 Å². The molecular formula is C24H22FN3O3S2. The molecular weight excluding hydrogens is 461 g/mol. The summed E-state index contributed by atoms with van der Waals surface area (Å²) in [5.74, 6) is -0.587. The van der Waals surface area contributed by atoms with E-state index in [0.717, 1.165) is 0 Å². The van der Waals surface area contributed by atoms with Gasteiger partial charge in [-0.25, -0.2) is 17.8 Å². The lowest BCUT2D eigenvalue weighted by Crippen LogP contribution is -2.32. The predicted molar refractivity (Wildman–Crippen MR) is 127 cm³/mol. The zero-order valence-corrected chi connectivity index (χ0v) is 19.7. The van der Waals surface area contributed by atoms with E-state index in [4.69, 9.17) is 0 Å². The van der Waals surface area contributed by atoms with Gasteiger partial charge in [0.05, 0.1) is 39.0 Å². The number of carbonyl (C=O) groups is 1. The Bertz CT molecular complexity index is 1390. The number of thiazole rings is 1. The number of aromatic nitrogens is 2. The molecule has 0 atom stereocenters. The highest BCUT2D eigenvalue weighted by molar-refractivity contribution is 7.92. The summed E-state index contributed by atoms with van der Waals surface area (Å²) in [6.45, 7) is 3.47. The highest BCUT2D eigenvalue weighted by atomic mass is 32.2. The average molecular weight is 484 g/mol. The van der Waals surface area contributed by atoms with Crippen LogP contribution in [0.3, 0.4) is 0 Å². The molecule has 0 saturated heterocycles. The van der Waals surface area contributed by atoms with Crippen molar-refractivity contribution in [2.75, 3.05) is 4.90 Å². The van der Waals surface area contributed by atoms with Gasteiger partial charge < -0.3 is 0 Å². The van der Waals surface area contributed by atoms with Gasteiger partial charge in [0.1, 0.15) is 5.82 Å². The first-order valence-corrected chi connectivity index (χ1v) is 12.7. The number of nitrogens with zero attached hydrogens (tertiary/aromatic N) is 3. The van der Waals surface area contributed by atoms with Crippen molar-refractivity contribution in [3.8, 4) is 0 Å². The maximum Gasteiger partial charge on any atom is 0.233 e. The van der Waals surface area contributed by atoms with E-state index in [1.165, 1.54) is 40.5 Å². The van der Waals surface area contributed by atoms with Crippen molar-refractivity contribution < 1.29 is 17.6 Å². The number of pyridine rings is 1. The Morgan fingerprint density at radius 1 is 1.09 bits per heavy atom. The minimum Gasteiger partial charge on any atom is -0.282 e. The zero-order chi connectivity index (χ0) is 23.6. The summed E-state index contributed by atoms with van der Waals surface area (Å²) in [6.07, 6.45) is 1.71. The van der Waals surface area contributed by atoms with Crippen LogP contribution in [0.1, 0.15) is 25.1 Å². The topological polar surface area (TPSA) is 80.2 Å². The van der Waals surface area contributed by atoms with Crippen LogP contribution >= 0.6 is 11.3 Å². The van der Waals surface area contributed by atoms with E-state index in [0.29, 0.717) is 26.6 Å². The molecule has 2 heterocycles. The summed E-state index contributed by atoms with van der Waals surface area (Å²) in [4.78, 5) is 23.9. The molecule has 170 valence electrons. The van der Waals surface area contributed by atoms with Gasteiger partial charge in [-0.05, 0) is 61.9 Å². The van der Waals surface area contributed by atoms with E-state index >= 15 is 0 Å². The van der Waals surface area contributed by atoms with Crippen LogP contribution in [-0.4, -0.2) is 29.5 Å². The maximum absolute atomic E-state index is 13.7. The molecule has 0 aliphatic rings. The van der Waals surface area contributed by atoms with Crippen LogP contribution in [0.4, 0.5) is 9.52 Å². The Hall–Kier alpha value is -3.17. The number of benzene rings is 2. The summed E-state index contributed by atoms with van der Waals surface area (Å²) in [7, 11) is -3.38. The fourth-order valence-electron chi connectivity index (χ4n) is 3.26. The summed E-state index contributed by atoms with van der Waals surface area (Å²) >= 11 is 1.23. The molecule has 4 rings (SSSR count). The van der Waals surface area contributed by atoms with Gasteiger partial charge >= 0.3 is 0 Å². The minimum atomic E-state index is -3.38. The number of hydrogen-bond acceptors (Lipinski definition) is 6. The van der Waals surface area contributed by atoms with Crippen molar-refractivity contribution in [2.24, 2.45) is 0 Å². The van der Waals surface area contributed by atoms with Gasteiger partial charge in [-0.3, -0.25) is 14.7 Å². The van der Waals surface area contributed by atoms with Crippen molar-refractivity contribution in [3.63, 3.8) is 0 Å². The van der Waals surface area contributed by atoms with Gasteiger partial charge in [-0.2, -0.15) is 0 Å². The first-order chi connectivity index (χ1) is 15.7. The lowest BCUT2D eigenvalue weighted by Gasteiger charge is -2.19. The van der Waals surface area contributed by atoms with Crippen LogP contribution in [0.5, 0.6) is 0 Å². The Labute approximate surface area is 195 Å². The molecule has 0 unspecified atom stereocenters. The van der Waals surface area contributed by atoms with Gasteiger partial charge in [-0.1, -0.05) is 29.5 Å². The molecule has 0 N–H and O–H groups in total. The Kier molecular flexibility index (Phi) is 6.53. The van der Waals surface area contributed by atoms with Crippen molar-refractivity contribution in [1.82, 2.24) is 9.97 Å². The second-order valence-electron chi connectivity index (χ2n) is 7.82. The first kappa shape index (κ1) is 23.0. The van der Waals surface area contributed by atoms with Crippen LogP contribution < -0.4 is 4.90 Å². The van der Waals surface area contributed by atoms with Gasteiger partial charge in [0.2, 0.25) is 5.91 Å². The first-order valence-electron chi connectivity index (χ1n) is 10.3. The lowest BCUT2D eigenvalue weighted by molar-refractivity contribution is -0.118. The maximum atomic E-state index is 13.7. The smallest absolute Gasteiger partial charge is 0.233 e. The molecule has 1 amide bonds. The molecule has 0 bridgehead atoms. The summed E-state index contributed by atoms with van der Waals surface area (Å²) < 4.78 is 39.0. The van der Waals surface area contributed by atoms with E-state index in [-0.39, 0.29) is 29.6 Å². The number of fused-ring (bicyclic) bond motifs is 1. The zero-order valence-electron chi connectivity index (χ0n) is 18.1. The molecule has 0 radical (unpaired) electrons. The molecule has 6 nitrogen and oxygen atoms in total. The lowest BCUT2D eigenvalue weighted by atomic mass is 10.1. The van der Waals surface area contributed by atoms with Gasteiger partial charge in [0.25, 0.3) is 0 Å². The second kappa shape index (κ2) is 9.36. The molecule has 0 aliphatic carbocycles. The third kappa shape index (κ3) is 5.09. The Morgan fingerprint density at radius 3 is 2.52 bits per heavy atom. The van der Waals surface area contributed by atoms with Crippen LogP contribution in [0.15, 0.2) is 71.8 Å². The fourth-order valence-corrected chi connectivity index (χ4v) is 5.32. The molecule has 4 aromatic rings.